The summed E-state index contributed by atoms with van der Waals surface area (Å²) in [6.07, 6.45) is 3.49. The van der Waals surface area contributed by atoms with Gasteiger partial charge in [-0.05, 0) is 73.0 Å². The van der Waals surface area contributed by atoms with Gasteiger partial charge < -0.3 is 4.74 Å². The average molecular weight is 388 g/mol. The van der Waals surface area contributed by atoms with Crippen LogP contribution < -0.4 is 0 Å². The fourth-order valence-corrected chi connectivity index (χ4v) is 6.31. The summed E-state index contributed by atoms with van der Waals surface area (Å²) in [7, 11) is 1.38. The zero-order chi connectivity index (χ0) is 20.7. The Morgan fingerprint density at radius 2 is 1.72 bits per heavy atom. The van der Waals surface area contributed by atoms with Gasteiger partial charge in [-0.3, -0.25) is 4.79 Å². The van der Waals surface area contributed by atoms with Crippen LogP contribution in [0, 0.1) is 52.3 Å². The smallest absolute Gasteiger partial charge is 0.337 e. The third-order valence-corrected chi connectivity index (χ3v) is 7.42. The maximum atomic E-state index is 13.2. The summed E-state index contributed by atoms with van der Waals surface area (Å²) < 4.78 is 4.88. The number of ether oxygens (including phenoxy) is 1. The summed E-state index contributed by atoms with van der Waals surface area (Å²) in [5.74, 6) is 0.806. The number of Topliss-reactive ketones (excluding diaryl/α,β-unsaturated/α-hetero) is 1. The molecule has 0 spiro atoms. The summed E-state index contributed by atoms with van der Waals surface area (Å²) in [5, 5.41) is 18.8. The number of carbonyl (C=O) groups is 2. The van der Waals surface area contributed by atoms with Gasteiger partial charge in [0.05, 0.1) is 12.7 Å². The lowest BCUT2D eigenvalue weighted by Gasteiger charge is -2.48. The van der Waals surface area contributed by atoms with E-state index >= 15 is 0 Å². The Balaban J connectivity index is 1.76. The van der Waals surface area contributed by atoms with E-state index in [-0.39, 0.29) is 41.0 Å². The van der Waals surface area contributed by atoms with E-state index in [1.54, 1.807) is 6.07 Å². The van der Waals surface area contributed by atoms with Crippen LogP contribution in [0.25, 0.3) is 0 Å². The minimum atomic E-state index is -0.343. The second-order valence-electron chi connectivity index (χ2n) is 8.60. The van der Waals surface area contributed by atoms with E-state index in [0.29, 0.717) is 23.0 Å². The molecule has 0 N–H and O–H groups in total. The molecule has 5 heteroatoms. The number of methoxy groups -OCH3 is 1. The van der Waals surface area contributed by atoms with Crippen molar-refractivity contribution in [3.05, 3.63) is 46.5 Å². The molecule has 3 fully saturated rings. The summed E-state index contributed by atoms with van der Waals surface area (Å²) in [5.41, 5.74) is 2.17. The second kappa shape index (κ2) is 7.48. The topological polar surface area (TPSA) is 90.9 Å². The van der Waals surface area contributed by atoms with Crippen LogP contribution >= 0.6 is 0 Å². The SMILES string of the molecule is COC(=O)c1cccc(C2CCC3C(=O)C(=C(C#N)C#N)C4CCC(C)C2C34)c1. The highest BCUT2D eigenvalue weighted by atomic mass is 16.5. The maximum absolute atomic E-state index is 13.2. The van der Waals surface area contributed by atoms with Crippen LogP contribution in [-0.2, 0) is 9.53 Å². The first-order valence-corrected chi connectivity index (χ1v) is 10.3. The standard InChI is InChI=1S/C24H24N2O3/c1-13-6-7-18-21(16(11-25)12-26)23(27)19-9-8-17(20(13)22(18)19)14-4-3-5-15(10-14)24(28)29-2/h3-5,10,13,17-20,22H,6-9H2,1-2H3. The fraction of sp³-hybridized carbons (Fsp3) is 0.500. The Kier molecular flexibility index (Phi) is 5.01. The first-order valence-electron chi connectivity index (χ1n) is 10.3. The van der Waals surface area contributed by atoms with Crippen LogP contribution in [-0.4, -0.2) is 18.9 Å². The molecule has 0 aliphatic heterocycles. The van der Waals surface area contributed by atoms with E-state index in [9.17, 15) is 20.1 Å². The van der Waals surface area contributed by atoms with Crippen molar-refractivity contribution in [3.63, 3.8) is 0 Å². The molecule has 6 unspecified atom stereocenters. The third-order valence-electron chi connectivity index (χ3n) is 7.42. The van der Waals surface area contributed by atoms with Gasteiger partial charge in [0.15, 0.2) is 5.78 Å². The van der Waals surface area contributed by atoms with Crippen molar-refractivity contribution >= 4 is 11.8 Å². The van der Waals surface area contributed by atoms with E-state index in [1.807, 2.05) is 24.3 Å². The maximum Gasteiger partial charge on any atom is 0.337 e. The molecule has 3 aliphatic rings. The molecule has 0 radical (unpaired) electrons. The molecular formula is C24H24N2O3. The molecule has 4 rings (SSSR count). The zero-order valence-electron chi connectivity index (χ0n) is 16.7. The molecule has 0 amide bonds. The number of hydrogen-bond acceptors (Lipinski definition) is 5. The van der Waals surface area contributed by atoms with Gasteiger partial charge in [0.1, 0.15) is 17.7 Å². The van der Waals surface area contributed by atoms with E-state index in [2.05, 4.69) is 13.0 Å². The molecular weight excluding hydrogens is 364 g/mol. The van der Waals surface area contributed by atoms with Crippen LogP contribution in [0.5, 0.6) is 0 Å². The molecule has 148 valence electrons. The van der Waals surface area contributed by atoms with Gasteiger partial charge in [-0.1, -0.05) is 19.1 Å². The Morgan fingerprint density at radius 1 is 1.03 bits per heavy atom. The van der Waals surface area contributed by atoms with Crippen molar-refractivity contribution in [2.75, 3.05) is 7.11 Å². The van der Waals surface area contributed by atoms with Crippen LogP contribution in [0.15, 0.2) is 35.4 Å². The number of benzene rings is 1. The molecule has 0 saturated heterocycles. The van der Waals surface area contributed by atoms with E-state index in [1.165, 1.54) is 7.11 Å². The summed E-state index contributed by atoms with van der Waals surface area (Å²) in [4.78, 5) is 25.2. The van der Waals surface area contributed by atoms with Crippen LogP contribution in [0.2, 0.25) is 0 Å². The molecule has 5 nitrogen and oxygen atoms in total. The Hall–Kier alpha value is -2.92. The number of ketones is 1. The summed E-state index contributed by atoms with van der Waals surface area (Å²) in [6, 6.07) is 11.6. The number of carbonyl (C=O) groups excluding carboxylic acids is 2. The molecule has 0 heterocycles. The van der Waals surface area contributed by atoms with Gasteiger partial charge >= 0.3 is 5.97 Å². The molecule has 3 saturated carbocycles. The fourth-order valence-electron chi connectivity index (χ4n) is 6.31. The monoisotopic (exact) mass is 388 g/mol. The summed E-state index contributed by atoms with van der Waals surface area (Å²) in [6.45, 7) is 2.25. The van der Waals surface area contributed by atoms with Gasteiger partial charge in [-0.25, -0.2) is 4.79 Å². The highest BCUT2D eigenvalue weighted by molar-refractivity contribution is 6.02. The molecule has 3 aliphatic carbocycles. The molecule has 0 bridgehead atoms. The highest BCUT2D eigenvalue weighted by Crippen LogP contribution is 2.60. The Morgan fingerprint density at radius 3 is 2.41 bits per heavy atom. The Labute approximate surface area is 171 Å². The number of rotatable bonds is 2. The molecule has 1 aromatic carbocycles. The predicted molar refractivity (Wildman–Crippen MR) is 105 cm³/mol. The zero-order valence-corrected chi connectivity index (χ0v) is 16.7. The lowest BCUT2D eigenvalue weighted by atomic mass is 9.55. The van der Waals surface area contributed by atoms with E-state index in [0.717, 1.165) is 31.2 Å². The normalized spacial score (nSPS) is 32.7. The number of allylic oxidation sites excluding steroid dienone is 2. The second-order valence-corrected chi connectivity index (χ2v) is 8.60. The number of nitriles is 2. The van der Waals surface area contributed by atoms with Crippen molar-refractivity contribution in [2.24, 2.45) is 29.6 Å². The molecule has 29 heavy (non-hydrogen) atoms. The van der Waals surface area contributed by atoms with Crippen LogP contribution in [0.1, 0.15) is 54.4 Å². The molecule has 1 aromatic rings. The lowest BCUT2D eigenvalue weighted by molar-refractivity contribution is -0.120. The van der Waals surface area contributed by atoms with Crippen molar-refractivity contribution in [1.29, 1.82) is 10.5 Å². The number of hydrogen-bond donors (Lipinski definition) is 0. The molecule has 0 aromatic heterocycles. The van der Waals surface area contributed by atoms with Gasteiger partial charge in [-0.15, -0.1) is 0 Å². The van der Waals surface area contributed by atoms with Crippen molar-refractivity contribution in [1.82, 2.24) is 0 Å². The minimum Gasteiger partial charge on any atom is -0.465 e. The summed E-state index contributed by atoms with van der Waals surface area (Å²) >= 11 is 0. The van der Waals surface area contributed by atoms with Gasteiger partial charge in [0.2, 0.25) is 0 Å². The van der Waals surface area contributed by atoms with Crippen LogP contribution in [0.3, 0.4) is 0 Å². The minimum absolute atomic E-state index is 0.00643. The average Bonchev–Trinajstić information content (AvgIpc) is 3.04. The third kappa shape index (κ3) is 2.97. The van der Waals surface area contributed by atoms with Crippen molar-refractivity contribution in [2.45, 2.75) is 38.5 Å². The molecule has 6 atom stereocenters. The van der Waals surface area contributed by atoms with Crippen LogP contribution in [0.4, 0.5) is 0 Å². The van der Waals surface area contributed by atoms with Gasteiger partial charge in [-0.2, -0.15) is 10.5 Å². The number of nitrogens with zero attached hydrogens (tertiary/aromatic N) is 2. The number of esters is 1. The Bertz CT molecular complexity index is 965. The van der Waals surface area contributed by atoms with E-state index in [4.69, 9.17) is 4.74 Å². The highest BCUT2D eigenvalue weighted by Gasteiger charge is 2.57. The van der Waals surface area contributed by atoms with Crippen molar-refractivity contribution in [3.8, 4) is 12.1 Å². The largest absolute Gasteiger partial charge is 0.465 e. The first kappa shape index (κ1) is 19.4. The lowest BCUT2D eigenvalue weighted by Crippen LogP contribution is -2.41. The predicted octanol–water partition coefficient (Wildman–Crippen LogP) is 4.17. The van der Waals surface area contributed by atoms with Crippen molar-refractivity contribution < 1.29 is 14.3 Å². The first-order chi connectivity index (χ1) is 14.0. The van der Waals surface area contributed by atoms with Gasteiger partial charge in [0, 0.05) is 11.5 Å². The van der Waals surface area contributed by atoms with E-state index < -0.39 is 0 Å². The van der Waals surface area contributed by atoms with Gasteiger partial charge in [0.25, 0.3) is 0 Å². The quantitative estimate of drug-likeness (QED) is 0.431.